The van der Waals surface area contributed by atoms with Crippen molar-refractivity contribution in [2.75, 3.05) is 19.7 Å². The van der Waals surface area contributed by atoms with Gasteiger partial charge < -0.3 is 15.4 Å². The van der Waals surface area contributed by atoms with E-state index in [-0.39, 0.29) is 5.11 Å². The zero-order valence-electron chi connectivity index (χ0n) is 16.2. The fourth-order valence-electron chi connectivity index (χ4n) is 1.94. The van der Waals surface area contributed by atoms with Gasteiger partial charge in [0.15, 0.2) is 10.2 Å². The van der Waals surface area contributed by atoms with Crippen LogP contribution in [0.2, 0.25) is 0 Å². The molecule has 0 radical (unpaired) electrons. The van der Waals surface area contributed by atoms with Crippen molar-refractivity contribution >= 4 is 46.1 Å². The Morgan fingerprint density at radius 2 is 1.59 bits per heavy atom. The predicted molar refractivity (Wildman–Crippen MR) is 116 cm³/mol. The van der Waals surface area contributed by atoms with Crippen LogP contribution in [0.3, 0.4) is 0 Å². The highest BCUT2D eigenvalue weighted by atomic mass is 32.1. The monoisotopic (exact) mass is 448 g/mol. The summed E-state index contributed by atoms with van der Waals surface area (Å²) in [5.41, 5.74) is 6.52. The van der Waals surface area contributed by atoms with Crippen LogP contribution in [0, 0.1) is 0 Å². The van der Waals surface area contributed by atoms with Gasteiger partial charge in [0.05, 0.1) is 12.3 Å². The number of thiocarbonyl (C=S) groups is 2. The maximum Gasteiger partial charge on any atom is 0.405 e. The molecule has 0 aliphatic heterocycles. The average molecular weight is 449 g/mol. The van der Waals surface area contributed by atoms with Crippen molar-refractivity contribution in [2.45, 2.75) is 26.9 Å². The molecule has 1 rings (SSSR count). The smallest absolute Gasteiger partial charge is 0.405 e. The van der Waals surface area contributed by atoms with E-state index in [0.29, 0.717) is 41.0 Å². The number of hydrogen-bond donors (Lipinski definition) is 4. The fraction of sp³-hybridized carbons (Fsp3) is 0.412. The van der Waals surface area contributed by atoms with Crippen LogP contribution in [0.4, 0.5) is 13.2 Å². The normalized spacial score (nSPS) is 12.2. The van der Waals surface area contributed by atoms with Crippen LogP contribution < -0.4 is 26.2 Å². The average Bonchev–Trinajstić information content (AvgIpc) is 2.66. The second-order valence-corrected chi connectivity index (χ2v) is 6.31. The predicted octanol–water partition coefficient (Wildman–Crippen LogP) is 2.68. The van der Waals surface area contributed by atoms with Gasteiger partial charge >= 0.3 is 6.18 Å². The van der Waals surface area contributed by atoms with E-state index in [4.69, 9.17) is 29.2 Å². The summed E-state index contributed by atoms with van der Waals surface area (Å²) in [5, 5.41) is 13.3. The Bertz CT molecular complexity index is 751. The molecule has 0 fully saturated rings. The molecule has 7 nitrogen and oxygen atoms in total. The van der Waals surface area contributed by atoms with Crippen molar-refractivity contribution in [1.29, 1.82) is 0 Å². The summed E-state index contributed by atoms with van der Waals surface area (Å²) in [6, 6.07) is 7.00. The lowest BCUT2D eigenvalue weighted by Crippen LogP contribution is -2.39. The van der Waals surface area contributed by atoms with Gasteiger partial charge in [-0.25, -0.2) is 0 Å². The largest absolute Gasteiger partial charge is 0.494 e. The van der Waals surface area contributed by atoms with Gasteiger partial charge in [0.2, 0.25) is 0 Å². The van der Waals surface area contributed by atoms with Crippen LogP contribution in [-0.4, -0.2) is 47.5 Å². The van der Waals surface area contributed by atoms with Crippen molar-refractivity contribution in [2.24, 2.45) is 10.2 Å². The molecule has 0 amide bonds. The van der Waals surface area contributed by atoms with Gasteiger partial charge in [-0.15, -0.1) is 0 Å². The van der Waals surface area contributed by atoms with Gasteiger partial charge in [-0.3, -0.25) is 10.9 Å². The molecular weight excluding hydrogens is 425 g/mol. The molecule has 0 saturated heterocycles. The number of alkyl halides is 3. The summed E-state index contributed by atoms with van der Waals surface area (Å²) in [6.45, 7) is 5.31. The molecule has 12 heteroatoms. The summed E-state index contributed by atoms with van der Waals surface area (Å²) in [7, 11) is 0. The Morgan fingerprint density at radius 3 is 2.14 bits per heavy atom. The Kier molecular flexibility index (Phi) is 10.3. The molecule has 0 aliphatic rings. The number of nitrogens with one attached hydrogen (secondary N) is 4. The summed E-state index contributed by atoms with van der Waals surface area (Å²) < 4.78 is 42.3. The first-order chi connectivity index (χ1) is 13.7. The van der Waals surface area contributed by atoms with E-state index < -0.39 is 12.7 Å². The lowest BCUT2D eigenvalue weighted by Gasteiger charge is -2.12. The molecule has 0 bridgehead atoms. The molecule has 29 heavy (non-hydrogen) atoms. The van der Waals surface area contributed by atoms with E-state index in [0.717, 1.165) is 0 Å². The Hall–Kier alpha value is -2.47. The van der Waals surface area contributed by atoms with Crippen LogP contribution in [0.25, 0.3) is 0 Å². The molecule has 4 N–H and O–H groups in total. The fourth-order valence-corrected chi connectivity index (χ4v) is 2.25. The first kappa shape index (κ1) is 24.6. The minimum atomic E-state index is -4.39. The number of halogens is 3. The number of hydrazone groups is 2. The van der Waals surface area contributed by atoms with E-state index in [1.807, 2.05) is 19.2 Å². The maximum atomic E-state index is 12.3. The van der Waals surface area contributed by atoms with Crippen molar-refractivity contribution < 1.29 is 17.9 Å². The van der Waals surface area contributed by atoms with E-state index in [2.05, 4.69) is 26.4 Å². The first-order valence-electron chi connectivity index (χ1n) is 8.66. The highest BCUT2D eigenvalue weighted by Gasteiger charge is 2.27. The second-order valence-electron chi connectivity index (χ2n) is 5.50. The number of nitrogens with zero attached hydrogens (tertiary/aromatic N) is 2. The SMILES string of the molecule is CCNC(=S)NN=C(C)C(=NNC(=S)NCC(F)(F)F)c1ccc(OCC)cc1. The molecular formula is C17H23F3N6OS2. The Balaban J connectivity index is 3.02. The van der Waals surface area contributed by atoms with Crippen LogP contribution in [0.15, 0.2) is 34.5 Å². The molecule has 0 aliphatic carbocycles. The lowest BCUT2D eigenvalue weighted by molar-refractivity contribution is -0.122. The van der Waals surface area contributed by atoms with Crippen molar-refractivity contribution in [1.82, 2.24) is 21.5 Å². The van der Waals surface area contributed by atoms with Crippen LogP contribution >= 0.6 is 24.4 Å². The summed E-state index contributed by atoms with van der Waals surface area (Å²) in [6.07, 6.45) is -4.39. The van der Waals surface area contributed by atoms with E-state index in [9.17, 15) is 13.2 Å². The molecule has 0 spiro atoms. The molecule has 0 heterocycles. The summed E-state index contributed by atoms with van der Waals surface area (Å²) >= 11 is 9.90. The van der Waals surface area contributed by atoms with Gasteiger partial charge in [-0.1, -0.05) is 0 Å². The Morgan fingerprint density at radius 1 is 1.00 bits per heavy atom. The molecule has 0 saturated carbocycles. The number of hydrogen-bond acceptors (Lipinski definition) is 5. The summed E-state index contributed by atoms with van der Waals surface area (Å²) in [4.78, 5) is 0. The Labute approximate surface area is 178 Å². The second kappa shape index (κ2) is 12.2. The van der Waals surface area contributed by atoms with Crippen molar-refractivity contribution in [3.63, 3.8) is 0 Å². The number of benzene rings is 1. The van der Waals surface area contributed by atoms with E-state index in [1.165, 1.54) is 0 Å². The zero-order valence-corrected chi connectivity index (χ0v) is 17.8. The number of rotatable bonds is 8. The topological polar surface area (TPSA) is 82.1 Å². The molecule has 0 unspecified atom stereocenters. The standard InChI is InChI=1S/C17H23F3N6OS2/c1-4-21-15(28)25-23-11(3)14(12-6-8-13(9-7-12)27-5-2)24-26-16(29)22-10-17(18,19)20/h6-9H,4-5,10H2,1-3H3,(H2,21,25,28)(H2,22,26,29). The third-order valence-corrected chi connectivity index (χ3v) is 3.63. The quantitative estimate of drug-likeness (QED) is 0.277. The van der Waals surface area contributed by atoms with Gasteiger partial charge in [-0.2, -0.15) is 23.4 Å². The lowest BCUT2D eigenvalue weighted by atomic mass is 10.1. The highest BCUT2D eigenvalue weighted by molar-refractivity contribution is 7.80. The molecule has 1 aromatic carbocycles. The van der Waals surface area contributed by atoms with Gasteiger partial charge in [-0.05, 0) is 69.5 Å². The van der Waals surface area contributed by atoms with Crippen LogP contribution in [0.5, 0.6) is 5.75 Å². The summed E-state index contributed by atoms with van der Waals surface area (Å²) in [5.74, 6) is 0.673. The minimum absolute atomic E-state index is 0.269. The van der Waals surface area contributed by atoms with Crippen LogP contribution in [-0.2, 0) is 0 Å². The molecule has 0 aromatic heterocycles. The third-order valence-electron chi connectivity index (χ3n) is 3.16. The van der Waals surface area contributed by atoms with Gasteiger partial charge in [0.1, 0.15) is 18.0 Å². The van der Waals surface area contributed by atoms with Gasteiger partial charge in [0, 0.05) is 12.1 Å². The van der Waals surface area contributed by atoms with Crippen molar-refractivity contribution in [3.05, 3.63) is 29.8 Å². The maximum absolute atomic E-state index is 12.3. The molecule has 1 aromatic rings. The third kappa shape index (κ3) is 10.0. The van der Waals surface area contributed by atoms with Gasteiger partial charge in [0.25, 0.3) is 0 Å². The van der Waals surface area contributed by atoms with Crippen LogP contribution in [0.1, 0.15) is 26.3 Å². The van der Waals surface area contributed by atoms with E-state index >= 15 is 0 Å². The highest BCUT2D eigenvalue weighted by Crippen LogP contribution is 2.14. The van der Waals surface area contributed by atoms with Crippen molar-refractivity contribution in [3.8, 4) is 5.75 Å². The first-order valence-corrected chi connectivity index (χ1v) is 9.48. The molecule has 0 atom stereocenters. The number of ether oxygens (including phenoxy) is 1. The minimum Gasteiger partial charge on any atom is -0.494 e. The zero-order chi connectivity index (χ0) is 21.9. The molecule has 160 valence electrons. The van der Waals surface area contributed by atoms with E-state index in [1.54, 1.807) is 31.2 Å².